The third-order valence-corrected chi connectivity index (χ3v) is 4.28. The molecule has 0 aromatic heterocycles. The van der Waals surface area contributed by atoms with Gasteiger partial charge in [0.25, 0.3) is 0 Å². The Bertz CT molecular complexity index is 263. The van der Waals surface area contributed by atoms with E-state index >= 15 is 0 Å². The Labute approximate surface area is 87.9 Å². The summed E-state index contributed by atoms with van der Waals surface area (Å²) < 4.78 is 0.353. The van der Waals surface area contributed by atoms with Gasteiger partial charge in [0, 0.05) is 5.56 Å². The van der Waals surface area contributed by atoms with Crippen LogP contribution in [0.2, 0.25) is 0 Å². The number of phenols is 1. The van der Waals surface area contributed by atoms with Crippen LogP contribution in [0.1, 0.15) is 17.1 Å². The van der Waals surface area contributed by atoms with Crippen molar-refractivity contribution < 1.29 is 5.11 Å². The van der Waals surface area contributed by atoms with Crippen molar-refractivity contribution in [1.82, 2.24) is 0 Å². The summed E-state index contributed by atoms with van der Waals surface area (Å²) in [7, 11) is 0. The number of hydrogen-bond acceptors (Lipinski definition) is 3. The number of aromatic hydroxyl groups is 1. The van der Waals surface area contributed by atoms with Crippen LogP contribution in [0.4, 0.5) is 0 Å². The van der Waals surface area contributed by atoms with Gasteiger partial charge >= 0.3 is 0 Å². The molecule has 72 valence electrons. The Hall–Kier alpha value is -0.280. The number of hydrogen-bond donors (Lipinski definition) is 1. The van der Waals surface area contributed by atoms with Crippen molar-refractivity contribution in [2.75, 3.05) is 12.0 Å². The predicted molar refractivity (Wildman–Crippen MR) is 62.5 cm³/mol. The maximum atomic E-state index is 9.61. The lowest BCUT2D eigenvalue weighted by molar-refractivity contribution is 0.470. The first kappa shape index (κ1) is 10.8. The van der Waals surface area contributed by atoms with Gasteiger partial charge in [0.05, 0.1) is 4.58 Å². The molecule has 3 heteroatoms. The van der Waals surface area contributed by atoms with E-state index in [1.165, 1.54) is 0 Å². The lowest BCUT2D eigenvalue weighted by atomic mass is 10.2. The molecular weight excluding hydrogens is 200 g/mol. The van der Waals surface area contributed by atoms with Gasteiger partial charge in [-0.05, 0) is 18.1 Å². The van der Waals surface area contributed by atoms with E-state index in [1.54, 1.807) is 17.8 Å². The second kappa shape index (κ2) is 5.45. The zero-order valence-electron chi connectivity index (χ0n) is 7.86. The molecule has 1 N–H and O–H groups in total. The fraction of sp³-hybridized carbons (Fsp3) is 0.400. The molecule has 0 bridgehead atoms. The summed E-state index contributed by atoms with van der Waals surface area (Å²) in [6.07, 6.45) is 2.07. The third-order valence-electron chi connectivity index (χ3n) is 1.72. The van der Waals surface area contributed by atoms with Gasteiger partial charge in [-0.3, -0.25) is 0 Å². The molecule has 0 aliphatic rings. The van der Waals surface area contributed by atoms with Crippen LogP contribution in [0.3, 0.4) is 0 Å². The van der Waals surface area contributed by atoms with Gasteiger partial charge in [-0.1, -0.05) is 25.1 Å². The van der Waals surface area contributed by atoms with Crippen LogP contribution >= 0.6 is 23.5 Å². The highest BCUT2D eigenvalue weighted by atomic mass is 32.2. The van der Waals surface area contributed by atoms with Crippen LogP contribution in [0.25, 0.3) is 0 Å². The predicted octanol–water partition coefficient (Wildman–Crippen LogP) is 3.51. The first-order chi connectivity index (χ1) is 6.29. The summed E-state index contributed by atoms with van der Waals surface area (Å²) in [6, 6.07) is 7.55. The highest BCUT2D eigenvalue weighted by Gasteiger charge is 2.12. The van der Waals surface area contributed by atoms with E-state index in [0.717, 1.165) is 11.3 Å². The molecule has 1 unspecified atom stereocenters. The van der Waals surface area contributed by atoms with Crippen molar-refractivity contribution in [2.24, 2.45) is 0 Å². The number of phenolic OH excluding ortho intramolecular Hbond substituents is 1. The Morgan fingerprint density at radius 1 is 1.38 bits per heavy atom. The quantitative estimate of drug-likeness (QED) is 0.775. The Balaban J connectivity index is 2.84. The highest BCUT2D eigenvalue weighted by Crippen LogP contribution is 2.41. The van der Waals surface area contributed by atoms with Gasteiger partial charge in [-0.2, -0.15) is 0 Å². The Morgan fingerprint density at radius 2 is 2.08 bits per heavy atom. The topological polar surface area (TPSA) is 20.2 Å². The summed E-state index contributed by atoms with van der Waals surface area (Å²) >= 11 is 3.61. The molecule has 0 fully saturated rings. The second-order valence-electron chi connectivity index (χ2n) is 2.58. The molecule has 1 rings (SSSR count). The smallest absolute Gasteiger partial charge is 0.120 e. The fourth-order valence-electron chi connectivity index (χ4n) is 1.12. The summed E-state index contributed by atoms with van der Waals surface area (Å²) in [5, 5.41) is 9.61. The molecule has 0 radical (unpaired) electrons. The van der Waals surface area contributed by atoms with Gasteiger partial charge in [0.1, 0.15) is 5.75 Å². The SMILES string of the molecule is CCSC(SC)c1ccccc1O. The summed E-state index contributed by atoms with van der Waals surface area (Å²) in [6.45, 7) is 2.13. The molecule has 1 nitrogen and oxygen atoms in total. The average Bonchev–Trinajstić information content (AvgIpc) is 2.16. The van der Waals surface area contributed by atoms with Crippen LogP contribution in [-0.2, 0) is 0 Å². The van der Waals surface area contributed by atoms with E-state index in [0.29, 0.717) is 10.3 Å². The maximum Gasteiger partial charge on any atom is 0.120 e. The molecule has 0 saturated heterocycles. The largest absolute Gasteiger partial charge is 0.508 e. The average molecular weight is 214 g/mol. The summed E-state index contributed by atoms with van der Waals surface area (Å²) in [4.78, 5) is 0. The molecule has 1 atom stereocenters. The van der Waals surface area contributed by atoms with E-state index in [4.69, 9.17) is 0 Å². The third kappa shape index (κ3) is 2.85. The minimum atomic E-state index is 0.353. The highest BCUT2D eigenvalue weighted by molar-refractivity contribution is 8.16. The summed E-state index contributed by atoms with van der Waals surface area (Å²) in [5.74, 6) is 1.47. The normalized spacial score (nSPS) is 12.8. The van der Waals surface area contributed by atoms with E-state index in [2.05, 4.69) is 13.2 Å². The first-order valence-electron chi connectivity index (χ1n) is 4.22. The number of rotatable bonds is 4. The minimum absolute atomic E-state index is 0.353. The Kier molecular flexibility index (Phi) is 4.53. The van der Waals surface area contributed by atoms with Crippen LogP contribution in [0.15, 0.2) is 24.3 Å². The van der Waals surface area contributed by atoms with Crippen molar-refractivity contribution in [3.05, 3.63) is 29.8 Å². The minimum Gasteiger partial charge on any atom is -0.508 e. The molecule has 1 aromatic rings. The maximum absolute atomic E-state index is 9.61. The molecule has 0 spiro atoms. The fourth-order valence-corrected chi connectivity index (χ4v) is 3.21. The van der Waals surface area contributed by atoms with Crippen LogP contribution in [0, 0.1) is 0 Å². The summed E-state index contributed by atoms with van der Waals surface area (Å²) in [5.41, 5.74) is 1.03. The molecule has 0 amide bonds. The number of benzene rings is 1. The lowest BCUT2D eigenvalue weighted by Gasteiger charge is -2.14. The van der Waals surface area contributed by atoms with E-state index < -0.39 is 0 Å². The first-order valence-corrected chi connectivity index (χ1v) is 6.55. The number of para-hydroxylation sites is 1. The monoisotopic (exact) mass is 214 g/mol. The van der Waals surface area contributed by atoms with Gasteiger partial charge in [-0.25, -0.2) is 0 Å². The van der Waals surface area contributed by atoms with Crippen molar-refractivity contribution in [1.29, 1.82) is 0 Å². The van der Waals surface area contributed by atoms with Crippen LogP contribution in [-0.4, -0.2) is 17.1 Å². The van der Waals surface area contributed by atoms with Crippen LogP contribution in [0.5, 0.6) is 5.75 Å². The van der Waals surface area contributed by atoms with E-state index in [-0.39, 0.29) is 0 Å². The Morgan fingerprint density at radius 3 is 2.62 bits per heavy atom. The van der Waals surface area contributed by atoms with Crippen molar-refractivity contribution in [3.63, 3.8) is 0 Å². The molecule has 1 aromatic carbocycles. The lowest BCUT2D eigenvalue weighted by Crippen LogP contribution is -1.89. The molecule has 0 aliphatic carbocycles. The van der Waals surface area contributed by atoms with E-state index in [9.17, 15) is 5.11 Å². The molecule has 0 saturated carbocycles. The molecule has 13 heavy (non-hydrogen) atoms. The molecule has 0 aliphatic heterocycles. The van der Waals surface area contributed by atoms with Crippen LogP contribution < -0.4 is 0 Å². The van der Waals surface area contributed by atoms with Crippen molar-refractivity contribution >= 4 is 23.5 Å². The van der Waals surface area contributed by atoms with Gasteiger partial charge < -0.3 is 5.11 Å². The van der Waals surface area contributed by atoms with Gasteiger partial charge in [-0.15, -0.1) is 23.5 Å². The zero-order chi connectivity index (χ0) is 9.68. The second-order valence-corrected chi connectivity index (χ2v) is 5.21. The van der Waals surface area contributed by atoms with Crippen molar-refractivity contribution in [2.45, 2.75) is 11.5 Å². The molecular formula is C10H14OS2. The van der Waals surface area contributed by atoms with Crippen molar-refractivity contribution in [3.8, 4) is 5.75 Å². The number of thioether (sulfide) groups is 2. The standard InChI is InChI=1S/C10H14OS2/c1-3-13-10(12-2)8-6-4-5-7-9(8)11/h4-7,10-11H,3H2,1-2H3. The van der Waals surface area contributed by atoms with E-state index in [1.807, 2.05) is 30.0 Å². The molecule has 0 heterocycles. The van der Waals surface area contributed by atoms with Gasteiger partial charge in [0.15, 0.2) is 0 Å². The van der Waals surface area contributed by atoms with Gasteiger partial charge in [0.2, 0.25) is 0 Å². The zero-order valence-corrected chi connectivity index (χ0v) is 9.49.